The molecule has 0 saturated carbocycles. The number of hydrogen-bond acceptors (Lipinski definition) is 15. The number of furan rings is 2. The van der Waals surface area contributed by atoms with Crippen LogP contribution in [0.2, 0.25) is 0 Å². The number of nitrogen functional groups attached to an aromatic ring is 1. The van der Waals surface area contributed by atoms with Crippen molar-refractivity contribution in [2.45, 2.75) is 95.6 Å². The summed E-state index contributed by atoms with van der Waals surface area (Å²) in [7, 11) is 8.79. The largest absolute Gasteiger partial charge is 0.463 e. The Labute approximate surface area is 671 Å². The quantitative estimate of drug-likeness (QED) is 0.0240. The van der Waals surface area contributed by atoms with E-state index >= 15 is 0 Å². The molecule has 0 spiro atoms. The topological polar surface area (TPSA) is 224 Å². The second-order valence-electron chi connectivity index (χ2n) is 29.3. The molecule has 4 unspecified atom stereocenters. The fourth-order valence-corrected chi connectivity index (χ4v) is 18.0. The molecule has 14 aromatic rings. The number of hydrogen-bond donors (Lipinski definition) is 9. The van der Waals surface area contributed by atoms with Crippen LogP contribution in [0.25, 0.3) is 43.6 Å². The zero-order chi connectivity index (χ0) is 75.6. The number of benzene rings is 6. The third-order valence-corrected chi connectivity index (χ3v) is 24.8. The number of thiophene rings is 2. The van der Waals surface area contributed by atoms with Gasteiger partial charge in [-0.05, 0) is 275 Å². The van der Waals surface area contributed by atoms with Gasteiger partial charge in [-0.3, -0.25) is 10.8 Å². The van der Waals surface area contributed by atoms with Crippen LogP contribution in [0.4, 0.5) is 5.69 Å². The molecule has 578 valence electrons. The van der Waals surface area contributed by atoms with Crippen LogP contribution in [0.3, 0.4) is 0 Å². The average molecular weight is 1560 g/mol. The number of aryl methyl sites for hydroxylation is 2. The van der Waals surface area contributed by atoms with Crippen molar-refractivity contribution in [3.05, 3.63) is 301 Å². The van der Waals surface area contributed by atoms with Crippen LogP contribution < -0.4 is 5.73 Å². The minimum atomic E-state index is 0. The Kier molecular flexibility index (Phi) is 29.8. The zero-order valence-electron chi connectivity index (χ0n) is 63.1. The Balaban J connectivity index is 0.000000134. The van der Waals surface area contributed by atoms with Crippen molar-refractivity contribution in [2.24, 2.45) is 0 Å². The predicted molar refractivity (Wildman–Crippen MR) is 476 cm³/mol. The van der Waals surface area contributed by atoms with Gasteiger partial charge in [0.1, 0.15) is 15.8 Å². The molecule has 12 heterocycles. The summed E-state index contributed by atoms with van der Waals surface area (Å²) in [6, 6.07) is 62.2. The van der Waals surface area contributed by atoms with Crippen LogP contribution in [0.15, 0.2) is 239 Å². The third-order valence-electron chi connectivity index (χ3n) is 21.3. The van der Waals surface area contributed by atoms with Gasteiger partial charge in [0.15, 0.2) is 5.76 Å². The Morgan fingerprint density at radius 3 is 1.23 bits per heavy atom. The number of nitrogens with one attached hydrogen (secondary N) is 8. The van der Waals surface area contributed by atoms with Crippen molar-refractivity contribution in [1.82, 2.24) is 39.5 Å². The first kappa shape index (κ1) is 82.4. The van der Waals surface area contributed by atoms with E-state index in [9.17, 15) is 0 Å². The van der Waals surface area contributed by atoms with E-state index in [0.29, 0.717) is 69.5 Å². The van der Waals surface area contributed by atoms with E-state index in [0.717, 1.165) is 59.2 Å². The minimum absolute atomic E-state index is 0. The van der Waals surface area contributed by atoms with Gasteiger partial charge in [-0.2, -0.15) is 0 Å². The summed E-state index contributed by atoms with van der Waals surface area (Å²) >= 11 is 6.21. The molecule has 15 nitrogen and oxygen atoms in total. The second-order valence-corrected chi connectivity index (χ2v) is 33.0. The van der Waals surface area contributed by atoms with Gasteiger partial charge in [-0.15, -0.1) is 34.4 Å². The fraction of sp³-hybridized carbons (Fsp3) is 0.304. The summed E-state index contributed by atoms with van der Waals surface area (Å²) < 4.78 is 10.5. The van der Waals surface area contributed by atoms with E-state index in [1.807, 2.05) is 77.7 Å². The third kappa shape index (κ3) is 22.0. The molecular weight excluding hydrogens is 1450 g/mol. The van der Waals surface area contributed by atoms with Crippen molar-refractivity contribution >= 4 is 117 Å². The van der Waals surface area contributed by atoms with Crippen molar-refractivity contribution < 1.29 is 8.83 Å². The smallest absolute Gasteiger partial charge is 0.158 e. The van der Waals surface area contributed by atoms with Crippen LogP contribution in [0, 0.1) is 21.6 Å². The first-order valence-electron chi connectivity index (χ1n) is 37.8. The highest BCUT2D eigenvalue weighted by molar-refractivity contribution is 8.14. The van der Waals surface area contributed by atoms with E-state index in [1.54, 1.807) is 47.3 Å². The van der Waals surface area contributed by atoms with Gasteiger partial charge < -0.3 is 64.9 Å². The van der Waals surface area contributed by atoms with Gasteiger partial charge in [0.25, 0.3) is 0 Å². The molecule has 18 rings (SSSR count). The van der Waals surface area contributed by atoms with Crippen molar-refractivity contribution in [3.8, 4) is 0 Å². The Morgan fingerprint density at radius 1 is 0.423 bits per heavy atom. The number of rotatable bonds is 17. The number of anilines is 1. The van der Waals surface area contributed by atoms with Crippen LogP contribution in [0.1, 0.15) is 136 Å². The molecule has 4 fully saturated rings. The molecule has 8 aromatic heterocycles. The van der Waals surface area contributed by atoms with Crippen molar-refractivity contribution in [1.29, 1.82) is 21.6 Å². The van der Waals surface area contributed by atoms with E-state index < -0.39 is 0 Å². The lowest BCUT2D eigenvalue weighted by molar-refractivity contribution is 0.412. The predicted octanol–water partition coefficient (Wildman–Crippen LogP) is 21.8. The summed E-state index contributed by atoms with van der Waals surface area (Å²) in [5.41, 5.74) is 25.0. The molecule has 19 heteroatoms. The summed E-state index contributed by atoms with van der Waals surface area (Å²) in [6.45, 7) is 9.36. The molecule has 4 atom stereocenters. The van der Waals surface area contributed by atoms with Crippen LogP contribution in [-0.2, 0) is 31.4 Å². The lowest BCUT2D eigenvalue weighted by atomic mass is 9.96. The van der Waals surface area contributed by atoms with Gasteiger partial charge >= 0.3 is 0 Å². The number of aromatic amines is 4. The van der Waals surface area contributed by atoms with E-state index in [1.165, 1.54) is 170 Å². The Morgan fingerprint density at radius 2 is 0.820 bits per heavy atom. The number of nitrogens with two attached hydrogens (primary N) is 1. The molecule has 4 saturated heterocycles. The first-order valence-corrected chi connectivity index (χ1v) is 41.7. The molecule has 111 heavy (non-hydrogen) atoms. The molecule has 4 aliphatic heterocycles. The maximum absolute atomic E-state index is 8.30. The summed E-state index contributed by atoms with van der Waals surface area (Å²) in [5, 5.41) is 42.1. The molecule has 10 N–H and O–H groups in total. The number of aromatic nitrogens is 4. The van der Waals surface area contributed by atoms with Crippen LogP contribution >= 0.6 is 46.2 Å². The fourth-order valence-electron chi connectivity index (χ4n) is 15.3. The highest BCUT2D eigenvalue weighted by Gasteiger charge is 2.28. The van der Waals surface area contributed by atoms with Gasteiger partial charge in [-0.1, -0.05) is 118 Å². The molecular formula is C92H109N13O2S4. The monoisotopic (exact) mass is 1560 g/mol. The lowest BCUT2D eigenvalue weighted by Gasteiger charge is -2.10. The van der Waals surface area contributed by atoms with Gasteiger partial charge in [0.05, 0.1) is 28.8 Å². The number of likely N-dealkylation sites (N-methyl/N-ethyl adjacent to an activating group) is 4. The van der Waals surface area contributed by atoms with E-state index in [2.05, 4.69) is 202 Å². The molecule has 0 aliphatic carbocycles. The van der Waals surface area contributed by atoms with Crippen LogP contribution in [0.5, 0.6) is 0 Å². The summed E-state index contributed by atoms with van der Waals surface area (Å²) in [6.07, 6.45) is 22.3. The SMILES string of the molecule is C.C.CN1CCC(c2c[nH]c3ccc(CC(=N)c4ccco4)cc23)C1.CN1CCC(c2c[nH]c3ccc(CC(=N)c4cccs4)cc23)C1.CN1CCC(c2c[nH]c3ccc(CCc4ccccc4)cc23)C1.CN1CCC(c2c[nH]c3ccc(N)cc23)C1.CSC(=N)c1cccs1.N=C(SCc1ccccc1)c1ccco1. The van der Waals surface area contributed by atoms with Gasteiger partial charge in [0.2, 0.25) is 0 Å². The maximum atomic E-state index is 8.30. The van der Waals surface area contributed by atoms with E-state index in [-0.39, 0.29) is 14.9 Å². The standard InChI is InChI=1S/C21H24N2.C19H21N3O.C19H21N3S.C13H17N3.C12H11NOS.C6H7NS2.2CH4/c1-23-12-11-18(15-23)20-14-22-21-10-9-17(13-19(20)21)8-7-16-5-3-2-4-6-16;2*1-22-7-6-14(12-22)16-11-21-18-5-4-13(9-15(16)18)10-17(20)19-3-2-8-23-19;1-16-5-4-9(8-16)12-7-15-13-3-2-10(14)6-11(12)13;13-12(11-7-4-8-14-11)15-9-10-5-2-1-3-6-10;1-8-6(7)5-3-2-4-9-5;;/h2-6,9-10,13-14,18,22H,7-8,11-12,15H2,1H3;2*2-5,8-9,11,14,20-21H,6-7,10,12H2,1H3;2-3,6-7,9,15H,4-5,8,14H2,1H3;1-8,13H,9H2;2-4,7H,1H3;2*1H4. The molecule has 0 amide bonds. The number of H-pyrrole nitrogens is 4. The van der Waals surface area contributed by atoms with E-state index in [4.69, 9.17) is 36.2 Å². The highest BCUT2D eigenvalue weighted by Crippen LogP contribution is 2.37. The molecule has 6 aromatic carbocycles. The second kappa shape index (κ2) is 40.1. The summed E-state index contributed by atoms with van der Waals surface area (Å²) in [5.74, 6) is 4.65. The summed E-state index contributed by atoms with van der Waals surface area (Å²) in [4.78, 5) is 25.3. The van der Waals surface area contributed by atoms with Crippen molar-refractivity contribution in [3.63, 3.8) is 0 Å². The van der Waals surface area contributed by atoms with Crippen molar-refractivity contribution in [2.75, 3.05) is 92.5 Å². The molecule has 0 radical (unpaired) electrons. The normalized spacial score (nSPS) is 16.9. The number of fused-ring (bicyclic) bond motifs is 4. The number of thioether (sulfide) groups is 2. The Bertz CT molecular complexity index is 5070. The number of nitrogens with zero attached hydrogens (tertiary/aromatic N) is 4. The molecule has 0 bridgehead atoms. The Hall–Kier alpha value is -9.54. The molecule has 4 aliphatic rings. The maximum Gasteiger partial charge on any atom is 0.158 e. The first-order chi connectivity index (χ1) is 53.1. The van der Waals surface area contributed by atoms with Crippen LogP contribution in [-0.4, -0.2) is 148 Å². The lowest BCUT2D eigenvalue weighted by Crippen LogP contribution is -2.13. The van der Waals surface area contributed by atoms with Gasteiger partial charge in [-0.25, -0.2) is 0 Å². The number of likely N-dealkylation sites (tertiary alicyclic amines) is 4. The average Bonchev–Trinajstić information content (AvgIpc) is 1.67. The van der Waals surface area contributed by atoms with Gasteiger partial charge in [0, 0.05) is 124 Å². The zero-order valence-corrected chi connectivity index (χ0v) is 66.4. The minimum Gasteiger partial charge on any atom is -0.463 e. The highest BCUT2D eigenvalue weighted by atomic mass is 32.2.